The summed E-state index contributed by atoms with van der Waals surface area (Å²) in [6.45, 7) is 2.88. The van der Waals surface area contributed by atoms with E-state index in [-0.39, 0.29) is 12.6 Å². The second-order valence-electron chi connectivity index (χ2n) is 2.67. The lowest BCUT2D eigenvalue weighted by molar-refractivity contribution is 0.251. The Labute approximate surface area is 81.2 Å². The molecule has 0 aromatic carbocycles. The predicted molar refractivity (Wildman–Crippen MR) is 52.7 cm³/mol. The van der Waals surface area contributed by atoms with E-state index in [1.54, 1.807) is 11.3 Å². The molecule has 0 saturated carbocycles. The van der Waals surface area contributed by atoms with Crippen molar-refractivity contribution in [2.45, 2.75) is 19.5 Å². The minimum atomic E-state index is 0.144. The van der Waals surface area contributed by atoms with Crippen LogP contribution in [0.4, 0.5) is 0 Å². The maximum absolute atomic E-state index is 8.73. The van der Waals surface area contributed by atoms with Gasteiger partial charge in [-0.1, -0.05) is 11.6 Å². The predicted octanol–water partition coefficient (Wildman–Crippen LogP) is 1.87. The van der Waals surface area contributed by atoms with Gasteiger partial charge < -0.3 is 10.4 Å². The fourth-order valence-corrected chi connectivity index (χ4v) is 1.82. The van der Waals surface area contributed by atoms with Crippen molar-refractivity contribution in [3.63, 3.8) is 0 Å². The molecule has 0 saturated heterocycles. The fraction of sp³-hybridized carbons (Fsp3) is 0.500. The van der Waals surface area contributed by atoms with Crippen LogP contribution in [-0.2, 0) is 6.54 Å². The zero-order valence-corrected chi connectivity index (χ0v) is 8.45. The third-order valence-corrected chi connectivity index (χ3v) is 2.76. The van der Waals surface area contributed by atoms with Crippen LogP contribution in [0.1, 0.15) is 11.8 Å². The molecule has 4 heteroatoms. The van der Waals surface area contributed by atoms with E-state index < -0.39 is 0 Å². The zero-order chi connectivity index (χ0) is 8.97. The summed E-state index contributed by atoms with van der Waals surface area (Å²) in [6.07, 6.45) is 0. The lowest BCUT2D eigenvalue weighted by Gasteiger charge is -2.08. The van der Waals surface area contributed by atoms with Crippen LogP contribution in [-0.4, -0.2) is 17.8 Å². The molecule has 0 bridgehead atoms. The van der Waals surface area contributed by atoms with Crippen LogP contribution >= 0.6 is 22.9 Å². The molecule has 1 heterocycles. The van der Waals surface area contributed by atoms with Gasteiger partial charge in [0.25, 0.3) is 0 Å². The van der Waals surface area contributed by atoms with Crippen molar-refractivity contribution in [3.8, 4) is 0 Å². The van der Waals surface area contributed by atoms with Gasteiger partial charge in [0.15, 0.2) is 0 Å². The van der Waals surface area contributed by atoms with Gasteiger partial charge in [-0.05, 0) is 19.1 Å². The highest BCUT2D eigenvalue weighted by Gasteiger charge is 2.00. The Hall–Kier alpha value is -0.0900. The van der Waals surface area contributed by atoms with Gasteiger partial charge in [-0.25, -0.2) is 0 Å². The normalized spacial score (nSPS) is 13.2. The number of aliphatic hydroxyl groups is 1. The largest absolute Gasteiger partial charge is 0.395 e. The second-order valence-corrected chi connectivity index (χ2v) is 4.47. The minimum absolute atomic E-state index is 0.144. The molecule has 2 N–H and O–H groups in total. The molecular formula is C8H12ClNOS. The first-order valence-corrected chi connectivity index (χ1v) is 5.00. The molecule has 0 aliphatic heterocycles. The molecule has 0 fully saturated rings. The SMILES string of the molecule is CC(CO)NCc1ccc(Cl)s1. The molecule has 2 nitrogen and oxygen atoms in total. The van der Waals surface area contributed by atoms with Crippen LogP contribution < -0.4 is 5.32 Å². The van der Waals surface area contributed by atoms with E-state index in [1.807, 2.05) is 19.1 Å². The molecule has 0 aliphatic rings. The van der Waals surface area contributed by atoms with E-state index in [9.17, 15) is 0 Å². The molecule has 1 unspecified atom stereocenters. The Kier molecular flexibility index (Phi) is 4.01. The summed E-state index contributed by atoms with van der Waals surface area (Å²) >= 11 is 7.31. The quantitative estimate of drug-likeness (QED) is 0.787. The Morgan fingerprint density at radius 1 is 1.67 bits per heavy atom. The molecule has 1 atom stereocenters. The lowest BCUT2D eigenvalue weighted by Crippen LogP contribution is -2.28. The first-order valence-electron chi connectivity index (χ1n) is 3.81. The number of aliphatic hydroxyl groups excluding tert-OH is 1. The van der Waals surface area contributed by atoms with Gasteiger partial charge in [-0.2, -0.15) is 0 Å². The van der Waals surface area contributed by atoms with Crippen molar-refractivity contribution in [1.82, 2.24) is 5.32 Å². The summed E-state index contributed by atoms with van der Waals surface area (Å²) in [5.41, 5.74) is 0. The molecule has 0 spiro atoms. The van der Waals surface area contributed by atoms with Crippen molar-refractivity contribution >= 4 is 22.9 Å². The number of halogens is 1. The Bertz CT molecular complexity index is 239. The maximum Gasteiger partial charge on any atom is 0.0931 e. The third-order valence-electron chi connectivity index (χ3n) is 1.53. The second kappa shape index (κ2) is 4.82. The Morgan fingerprint density at radius 3 is 2.92 bits per heavy atom. The van der Waals surface area contributed by atoms with Gasteiger partial charge in [0, 0.05) is 17.5 Å². The molecule has 0 radical (unpaired) electrons. The molecule has 1 rings (SSSR count). The van der Waals surface area contributed by atoms with Crippen molar-refractivity contribution < 1.29 is 5.11 Å². The van der Waals surface area contributed by atoms with Crippen molar-refractivity contribution in [3.05, 3.63) is 21.3 Å². The summed E-state index contributed by atoms with van der Waals surface area (Å²) in [7, 11) is 0. The summed E-state index contributed by atoms with van der Waals surface area (Å²) in [6, 6.07) is 4.02. The number of hydrogen-bond donors (Lipinski definition) is 2. The summed E-state index contributed by atoms with van der Waals surface area (Å²) < 4.78 is 0.809. The number of rotatable bonds is 4. The van der Waals surface area contributed by atoms with Gasteiger partial charge in [0.2, 0.25) is 0 Å². The van der Waals surface area contributed by atoms with Crippen LogP contribution in [0.3, 0.4) is 0 Å². The third kappa shape index (κ3) is 3.11. The van der Waals surface area contributed by atoms with E-state index in [4.69, 9.17) is 16.7 Å². The topological polar surface area (TPSA) is 32.3 Å². The van der Waals surface area contributed by atoms with E-state index >= 15 is 0 Å². The van der Waals surface area contributed by atoms with Crippen LogP contribution in [0.5, 0.6) is 0 Å². The van der Waals surface area contributed by atoms with Gasteiger partial charge in [-0.3, -0.25) is 0 Å². The van der Waals surface area contributed by atoms with E-state index in [1.165, 1.54) is 4.88 Å². The summed E-state index contributed by atoms with van der Waals surface area (Å²) in [4.78, 5) is 1.19. The Balaban J connectivity index is 2.33. The van der Waals surface area contributed by atoms with Crippen molar-refractivity contribution in [1.29, 1.82) is 0 Å². The number of hydrogen-bond acceptors (Lipinski definition) is 3. The molecule has 0 amide bonds. The van der Waals surface area contributed by atoms with Gasteiger partial charge in [-0.15, -0.1) is 11.3 Å². The first-order chi connectivity index (χ1) is 5.72. The van der Waals surface area contributed by atoms with E-state index in [0.29, 0.717) is 0 Å². The lowest BCUT2D eigenvalue weighted by atomic mass is 10.3. The first kappa shape index (κ1) is 9.99. The smallest absolute Gasteiger partial charge is 0.0931 e. The highest BCUT2D eigenvalue weighted by atomic mass is 35.5. The Morgan fingerprint density at radius 2 is 2.42 bits per heavy atom. The molecule has 12 heavy (non-hydrogen) atoms. The van der Waals surface area contributed by atoms with Crippen molar-refractivity contribution in [2.24, 2.45) is 0 Å². The molecule has 1 aromatic rings. The monoisotopic (exact) mass is 205 g/mol. The van der Waals surface area contributed by atoms with Gasteiger partial charge >= 0.3 is 0 Å². The fourth-order valence-electron chi connectivity index (χ4n) is 0.786. The van der Waals surface area contributed by atoms with E-state index in [0.717, 1.165) is 10.9 Å². The molecule has 0 aliphatic carbocycles. The summed E-state index contributed by atoms with van der Waals surface area (Å²) in [5.74, 6) is 0. The highest BCUT2D eigenvalue weighted by molar-refractivity contribution is 7.16. The highest BCUT2D eigenvalue weighted by Crippen LogP contribution is 2.20. The van der Waals surface area contributed by atoms with Crippen molar-refractivity contribution in [2.75, 3.05) is 6.61 Å². The molecular weight excluding hydrogens is 194 g/mol. The number of nitrogens with one attached hydrogen (secondary N) is 1. The standard InChI is InChI=1S/C8H12ClNOS/c1-6(5-11)10-4-7-2-3-8(9)12-7/h2-3,6,10-11H,4-5H2,1H3. The number of thiophene rings is 1. The minimum Gasteiger partial charge on any atom is -0.395 e. The van der Waals surface area contributed by atoms with Gasteiger partial charge in [0.1, 0.15) is 0 Å². The average molecular weight is 206 g/mol. The van der Waals surface area contributed by atoms with E-state index in [2.05, 4.69) is 5.32 Å². The molecule has 68 valence electrons. The summed E-state index contributed by atoms with van der Waals surface area (Å²) in [5, 5.41) is 11.9. The maximum atomic E-state index is 8.73. The van der Waals surface area contributed by atoms with Crippen LogP contribution in [0.2, 0.25) is 4.34 Å². The van der Waals surface area contributed by atoms with Crippen LogP contribution in [0.15, 0.2) is 12.1 Å². The van der Waals surface area contributed by atoms with Gasteiger partial charge in [0.05, 0.1) is 10.9 Å². The van der Waals surface area contributed by atoms with Crippen LogP contribution in [0, 0.1) is 0 Å². The zero-order valence-electron chi connectivity index (χ0n) is 6.88. The average Bonchev–Trinajstić information content (AvgIpc) is 2.47. The van der Waals surface area contributed by atoms with Crippen LogP contribution in [0.25, 0.3) is 0 Å². The molecule has 1 aromatic heterocycles.